The van der Waals surface area contributed by atoms with E-state index in [-0.39, 0.29) is 48.3 Å². The molecule has 252 valence electrons. The molecule has 47 heavy (non-hydrogen) atoms. The molecule has 1 aromatic carbocycles. The number of hydrogen-bond acceptors (Lipinski definition) is 8. The van der Waals surface area contributed by atoms with Crippen molar-refractivity contribution >= 4 is 47.1 Å². The smallest absolute Gasteiger partial charge is 0.410 e. The summed E-state index contributed by atoms with van der Waals surface area (Å²) >= 11 is 12.1. The van der Waals surface area contributed by atoms with Gasteiger partial charge < -0.3 is 20.3 Å². The van der Waals surface area contributed by atoms with Gasteiger partial charge in [0, 0.05) is 29.9 Å². The summed E-state index contributed by atoms with van der Waals surface area (Å²) in [6.07, 6.45) is -2.79. The van der Waals surface area contributed by atoms with Gasteiger partial charge in [0.05, 0.1) is 24.0 Å². The van der Waals surface area contributed by atoms with Crippen molar-refractivity contribution in [2.75, 3.05) is 19.6 Å². The number of amides is 4. The number of aromatic nitrogens is 4. The predicted molar refractivity (Wildman–Crippen MR) is 165 cm³/mol. The second-order valence-corrected chi connectivity index (χ2v) is 12.4. The van der Waals surface area contributed by atoms with Crippen LogP contribution in [0.3, 0.4) is 0 Å². The minimum Gasteiger partial charge on any atom is -0.444 e. The van der Waals surface area contributed by atoms with Gasteiger partial charge in [-0.15, -0.1) is 5.10 Å². The van der Waals surface area contributed by atoms with Crippen LogP contribution in [0.4, 0.5) is 22.8 Å². The van der Waals surface area contributed by atoms with Gasteiger partial charge in [0.25, 0.3) is 0 Å². The van der Waals surface area contributed by atoms with Gasteiger partial charge >= 0.3 is 18.3 Å². The quantitative estimate of drug-likeness (QED) is 0.225. The molecule has 0 saturated carbocycles. The van der Waals surface area contributed by atoms with E-state index in [4.69, 9.17) is 33.3 Å². The molecule has 13 nitrogen and oxygen atoms in total. The third-order valence-electron chi connectivity index (χ3n) is 6.81. The highest BCUT2D eigenvalue weighted by Gasteiger charge is 2.45. The zero-order valence-corrected chi connectivity index (χ0v) is 27.0. The normalized spacial score (nSPS) is 15.6. The van der Waals surface area contributed by atoms with Crippen LogP contribution in [0.25, 0.3) is 5.82 Å². The number of ether oxygens (including phenoxy) is 1. The first-order valence-corrected chi connectivity index (χ1v) is 15.0. The molecule has 4 amide bonds. The first-order valence-electron chi connectivity index (χ1n) is 14.3. The molecule has 1 aliphatic rings. The number of alkyl halides is 3. The zero-order valence-electron chi connectivity index (χ0n) is 25.5. The van der Waals surface area contributed by atoms with Crippen molar-refractivity contribution < 1.29 is 32.3 Å². The number of amidine groups is 1. The number of carbonyl (C=O) groups is 3. The number of carbonyl (C=O) groups excluding carboxylic acids is 3. The molecule has 0 aliphatic carbocycles. The molecular formula is C29H32Cl2F3N9O4. The summed E-state index contributed by atoms with van der Waals surface area (Å²) in [6.45, 7) is 3.52. The summed E-state index contributed by atoms with van der Waals surface area (Å²) in [7, 11) is 0. The van der Waals surface area contributed by atoms with Crippen LogP contribution in [0, 0.1) is 11.3 Å². The van der Waals surface area contributed by atoms with Crippen molar-refractivity contribution in [1.82, 2.24) is 40.2 Å². The van der Waals surface area contributed by atoms with Crippen LogP contribution in [0.15, 0.2) is 48.9 Å². The molecule has 2 aromatic heterocycles. The van der Waals surface area contributed by atoms with E-state index in [1.165, 1.54) is 46.4 Å². The maximum Gasteiger partial charge on any atom is 0.410 e. The lowest BCUT2D eigenvalue weighted by Crippen LogP contribution is -2.57. The molecule has 3 heterocycles. The summed E-state index contributed by atoms with van der Waals surface area (Å²) in [5.41, 5.74) is -0.701. The molecule has 1 fully saturated rings. The van der Waals surface area contributed by atoms with Crippen molar-refractivity contribution in [3.8, 4) is 5.82 Å². The monoisotopic (exact) mass is 697 g/mol. The van der Waals surface area contributed by atoms with Gasteiger partial charge in [0.15, 0.2) is 11.6 Å². The second-order valence-electron chi connectivity index (χ2n) is 11.6. The molecule has 0 bridgehead atoms. The summed E-state index contributed by atoms with van der Waals surface area (Å²) in [6, 6.07) is 5.14. The molecule has 4 rings (SSSR count). The number of hydrogen-bond donors (Lipinski definition) is 3. The average molecular weight is 699 g/mol. The molecule has 2 unspecified atom stereocenters. The number of nitrogens with one attached hydrogen (secondary N) is 3. The number of rotatable bonds is 8. The SMILES string of the molecule is CC(C)(C)OC(=O)N1CCC(C(=O)NC(CN(C(=N)c2ccc(Cl)cc2)C(=O)NCc2ncn(-c3ncccc3Cl)n2)C(F)(F)F)C1. The van der Waals surface area contributed by atoms with Crippen LogP contribution in [-0.4, -0.2) is 90.9 Å². The number of urea groups is 1. The summed E-state index contributed by atoms with van der Waals surface area (Å²) in [5.74, 6) is -2.14. The van der Waals surface area contributed by atoms with Crippen LogP contribution in [0.5, 0.6) is 0 Å². The fourth-order valence-corrected chi connectivity index (χ4v) is 4.82. The van der Waals surface area contributed by atoms with Gasteiger partial charge in [0.1, 0.15) is 23.8 Å². The fraction of sp³-hybridized carbons (Fsp3) is 0.414. The average Bonchev–Trinajstić information content (AvgIpc) is 3.68. The predicted octanol–water partition coefficient (Wildman–Crippen LogP) is 4.81. The Morgan fingerprint density at radius 3 is 2.47 bits per heavy atom. The van der Waals surface area contributed by atoms with Crippen LogP contribution in [0.1, 0.15) is 38.6 Å². The lowest BCUT2D eigenvalue weighted by atomic mass is 10.1. The molecular weight excluding hydrogens is 666 g/mol. The zero-order chi connectivity index (χ0) is 34.5. The Bertz CT molecular complexity index is 1610. The van der Waals surface area contributed by atoms with Crippen molar-refractivity contribution in [2.24, 2.45) is 5.92 Å². The number of benzene rings is 1. The van der Waals surface area contributed by atoms with E-state index in [0.717, 1.165) is 0 Å². The van der Waals surface area contributed by atoms with Gasteiger partial charge in [-0.1, -0.05) is 23.2 Å². The highest BCUT2D eigenvalue weighted by Crippen LogP contribution is 2.25. The highest BCUT2D eigenvalue weighted by molar-refractivity contribution is 6.32. The number of nitrogens with zero attached hydrogens (tertiary/aromatic N) is 6. The Kier molecular flexibility index (Phi) is 11.0. The minimum atomic E-state index is -5.01. The third-order valence-corrected chi connectivity index (χ3v) is 7.36. The summed E-state index contributed by atoms with van der Waals surface area (Å²) in [5, 5.41) is 17.8. The van der Waals surface area contributed by atoms with Crippen molar-refractivity contribution in [1.29, 1.82) is 5.41 Å². The van der Waals surface area contributed by atoms with Crippen LogP contribution in [0.2, 0.25) is 10.0 Å². The van der Waals surface area contributed by atoms with Crippen molar-refractivity contribution in [3.05, 3.63) is 70.4 Å². The third kappa shape index (κ3) is 9.54. The van der Waals surface area contributed by atoms with Crippen LogP contribution < -0.4 is 10.6 Å². The first kappa shape index (κ1) is 35.4. The van der Waals surface area contributed by atoms with E-state index >= 15 is 0 Å². The Balaban J connectivity index is 1.50. The summed E-state index contributed by atoms with van der Waals surface area (Å²) < 4.78 is 49.6. The van der Waals surface area contributed by atoms with Gasteiger partial charge in [-0.2, -0.15) is 13.2 Å². The molecule has 3 aromatic rings. The molecule has 1 saturated heterocycles. The largest absolute Gasteiger partial charge is 0.444 e. The lowest BCUT2D eigenvalue weighted by Gasteiger charge is -2.30. The molecule has 3 N–H and O–H groups in total. The number of halogens is 5. The fourth-order valence-electron chi connectivity index (χ4n) is 4.49. The first-order chi connectivity index (χ1) is 22.0. The Morgan fingerprint density at radius 1 is 1.13 bits per heavy atom. The van der Waals surface area contributed by atoms with Crippen LogP contribution in [-0.2, 0) is 16.1 Å². The Morgan fingerprint density at radius 2 is 1.83 bits per heavy atom. The molecule has 1 aliphatic heterocycles. The maximum absolute atomic E-state index is 14.4. The molecule has 2 atom stereocenters. The lowest BCUT2D eigenvalue weighted by molar-refractivity contribution is -0.163. The van der Waals surface area contributed by atoms with Crippen molar-refractivity contribution in [3.63, 3.8) is 0 Å². The molecule has 18 heteroatoms. The van der Waals surface area contributed by atoms with Crippen molar-refractivity contribution in [2.45, 2.75) is 51.6 Å². The number of pyridine rings is 1. The standard InChI is InChI=1S/C29H32Cl2F3N9O4/c1-28(2,3)47-27(46)41-12-10-18(14-41)25(44)39-21(29(32,33)34)15-42(23(35)17-6-8-19(30)9-7-17)26(45)37-13-22-38-16-43(40-22)24-20(31)5-4-11-36-24/h4-9,11,16,18,21,35H,10,12-15H2,1-3H3,(H,37,45)(H,39,44). The second kappa shape index (κ2) is 14.5. The Labute approximate surface area is 277 Å². The van der Waals surface area contributed by atoms with Gasteiger partial charge in [0.2, 0.25) is 5.91 Å². The van der Waals surface area contributed by atoms with E-state index in [2.05, 4.69) is 20.4 Å². The van der Waals surface area contributed by atoms with Gasteiger partial charge in [-0.3, -0.25) is 15.1 Å². The van der Waals surface area contributed by atoms with E-state index in [1.807, 2.05) is 5.32 Å². The van der Waals surface area contributed by atoms with Gasteiger partial charge in [-0.25, -0.2) is 24.2 Å². The Hall–Kier alpha value is -4.44. The van der Waals surface area contributed by atoms with E-state index < -0.39 is 54.1 Å². The number of likely N-dealkylation sites (tertiary alicyclic amines) is 1. The van der Waals surface area contributed by atoms with E-state index in [9.17, 15) is 27.6 Å². The summed E-state index contributed by atoms with van der Waals surface area (Å²) in [4.78, 5) is 48.8. The molecule has 0 spiro atoms. The highest BCUT2D eigenvalue weighted by atomic mass is 35.5. The van der Waals surface area contributed by atoms with Crippen LogP contribution >= 0.6 is 23.2 Å². The van der Waals surface area contributed by atoms with Gasteiger partial charge in [-0.05, 0) is 63.6 Å². The van der Waals surface area contributed by atoms with E-state index in [0.29, 0.717) is 9.92 Å². The molecule has 0 radical (unpaired) electrons. The van der Waals surface area contributed by atoms with E-state index in [1.54, 1.807) is 32.9 Å². The topological polar surface area (TPSA) is 158 Å². The maximum atomic E-state index is 14.4. The minimum absolute atomic E-state index is 0.0782.